The lowest BCUT2D eigenvalue weighted by molar-refractivity contribution is -0.142. The van der Waals surface area contributed by atoms with E-state index in [0.29, 0.717) is 19.4 Å². The molecule has 0 rings (SSSR count). The molecule has 0 aromatic heterocycles. The van der Waals surface area contributed by atoms with Crippen molar-refractivity contribution in [2.75, 3.05) is 18.1 Å². The normalized spacial score (nSPS) is 14.6. The van der Waals surface area contributed by atoms with E-state index in [2.05, 4.69) is 41.2 Å². The number of amides is 4. The van der Waals surface area contributed by atoms with E-state index >= 15 is 0 Å². The van der Waals surface area contributed by atoms with Crippen molar-refractivity contribution in [1.82, 2.24) is 16.0 Å². The smallest absolute Gasteiger partial charge is 0.326 e. The standard InChI is InChI=1S/C17H32N6O6S2/c18-6-2-1-3-10(17(28)29)21-15(26)12(8-31)23-16(27)11(7-30)22-14(25)9(19)4-5-13(20)24/h9-12,30-31H,1-8,18-19H2,(H2,20,24)(H,21,26)(H,22,25)(H,23,27)(H,28,29). The van der Waals surface area contributed by atoms with Crippen LogP contribution in [0.3, 0.4) is 0 Å². The summed E-state index contributed by atoms with van der Waals surface area (Å²) in [6.45, 7) is 0.401. The lowest BCUT2D eigenvalue weighted by Gasteiger charge is -2.23. The number of rotatable bonds is 16. The van der Waals surface area contributed by atoms with E-state index < -0.39 is 53.8 Å². The van der Waals surface area contributed by atoms with Crippen molar-refractivity contribution in [3.8, 4) is 0 Å². The van der Waals surface area contributed by atoms with Crippen molar-refractivity contribution in [1.29, 1.82) is 0 Å². The summed E-state index contributed by atoms with van der Waals surface area (Å²) < 4.78 is 0. The molecular formula is C17H32N6O6S2. The van der Waals surface area contributed by atoms with Crippen LogP contribution in [0.5, 0.6) is 0 Å². The van der Waals surface area contributed by atoms with Crippen molar-refractivity contribution in [3.63, 3.8) is 0 Å². The zero-order chi connectivity index (χ0) is 24.0. The van der Waals surface area contributed by atoms with Gasteiger partial charge in [0.15, 0.2) is 0 Å². The molecule has 14 heteroatoms. The molecule has 0 aromatic rings. The Balaban J connectivity index is 4.91. The fourth-order valence-electron chi connectivity index (χ4n) is 2.39. The van der Waals surface area contributed by atoms with Gasteiger partial charge in [-0.2, -0.15) is 25.3 Å². The molecule has 4 atom stereocenters. The maximum Gasteiger partial charge on any atom is 0.326 e. The second-order valence-corrected chi connectivity index (χ2v) is 7.51. The zero-order valence-corrected chi connectivity index (χ0v) is 18.9. The van der Waals surface area contributed by atoms with Gasteiger partial charge in [0.25, 0.3) is 0 Å². The van der Waals surface area contributed by atoms with Gasteiger partial charge in [0.05, 0.1) is 6.04 Å². The predicted molar refractivity (Wildman–Crippen MR) is 120 cm³/mol. The fraction of sp³-hybridized carbons (Fsp3) is 0.706. The van der Waals surface area contributed by atoms with E-state index in [9.17, 15) is 29.1 Å². The SMILES string of the molecule is NCCCCC(NC(=O)C(CS)NC(=O)C(CS)NC(=O)C(N)CCC(N)=O)C(=O)O. The highest BCUT2D eigenvalue weighted by atomic mass is 32.1. The van der Waals surface area contributed by atoms with Crippen LogP contribution in [-0.4, -0.2) is 76.9 Å². The van der Waals surface area contributed by atoms with Gasteiger partial charge in [0, 0.05) is 17.9 Å². The van der Waals surface area contributed by atoms with Gasteiger partial charge in [0.2, 0.25) is 23.6 Å². The number of nitrogens with one attached hydrogen (secondary N) is 3. The van der Waals surface area contributed by atoms with Gasteiger partial charge in [-0.1, -0.05) is 0 Å². The maximum atomic E-state index is 12.5. The van der Waals surface area contributed by atoms with Crippen molar-refractivity contribution in [2.24, 2.45) is 17.2 Å². The number of unbranched alkanes of at least 4 members (excludes halogenated alkanes) is 1. The number of carboxylic acid groups (broad SMARTS) is 1. The van der Waals surface area contributed by atoms with Gasteiger partial charge < -0.3 is 38.3 Å². The first-order valence-corrected chi connectivity index (χ1v) is 10.9. The molecule has 0 saturated heterocycles. The van der Waals surface area contributed by atoms with Crippen LogP contribution < -0.4 is 33.2 Å². The minimum Gasteiger partial charge on any atom is -0.480 e. The van der Waals surface area contributed by atoms with E-state index in [4.69, 9.17) is 17.2 Å². The molecular weight excluding hydrogens is 448 g/mol. The van der Waals surface area contributed by atoms with Crippen LogP contribution in [0.15, 0.2) is 0 Å². The molecule has 0 aliphatic rings. The predicted octanol–water partition coefficient (Wildman–Crippen LogP) is -2.89. The molecule has 0 bridgehead atoms. The molecule has 10 N–H and O–H groups in total. The third kappa shape index (κ3) is 11.8. The lowest BCUT2D eigenvalue weighted by Crippen LogP contribution is -2.58. The second-order valence-electron chi connectivity index (χ2n) is 6.78. The van der Waals surface area contributed by atoms with Crippen molar-refractivity contribution < 1.29 is 29.1 Å². The van der Waals surface area contributed by atoms with Gasteiger partial charge in [-0.15, -0.1) is 0 Å². The molecule has 31 heavy (non-hydrogen) atoms. The summed E-state index contributed by atoms with van der Waals surface area (Å²) >= 11 is 8.05. The Morgan fingerprint density at radius 1 is 0.806 bits per heavy atom. The Morgan fingerprint density at radius 3 is 1.71 bits per heavy atom. The monoisotopic (exact) mass is 480 g/mol. The van der Waals surface area contributed by atoms with Crippen LogP contribution in [0.4, 0.5) is 0 Å². The molecule has 0 aliphatic carbocycles. The largest absolute Gasteiger partial charge is 0.480 e. The third-order valence-electron chi connectivity index (χ3n) is 4.23. The highest BCUT2D eigenvalue weighted by molar-refractivity contribution is 7.80. The molecule has 4 amide bonds. The van der Waals surface area contributed by atoms with Gasteiger partial charge in [0.1, 0.15) is 18.1 Å². The number of hydrogen-bond donors (Lipinski definition) is 9. The molecule has 0 saturated carbocycles. The van der Waals surface area contributed by atoms with Crippen LogP contribution in [0.25, 0.3) is 0 Å². The number of carboxylic acids is 1. The molecule has 0 heterocycles. The summed E-state index contributed by atoms with van der Waals surface area (Å²) in [7, 11) is 0. The van der Waals surface area contributed by atoms with E-state index in [1.54, 1.807) is 0 Å². The van der Waals surface area contributed by atoms with Crippen LogP contribution in [0.2, 0.25) is 0 Å². The molecule has 0 aliphatic heterocycles. The maximum absolute atomic E-state index is 12.5. The molecule has 0 spiro atoms. The molecule has 178 valence electrons. The highest BCUT2D eigenvalue weighted by Gasteiger charge is 2.29. The van der Waals surface area contributed by atoms with E-state index in [0.717, 1.165) is 0 Å². The first-order chi connectivity index (χ1) is 14.6. The summed E-state index contributed by atoms with van der Waals surface area (Å²) in [5, 5.41) is 16.4. The van der Waals surface area contributed by atoms with Crippen molar-refractivity contribution in [3.05, 3.63) is 0 Å². The van der Waals surface area contributed by atoms with Crippen molar-refractivity contribution in [2.45, 2.75) is 56.3 Å². The van der Waals surface area contributed by atoms with E-state index in [-0.39, 0.29) is 30.8 Å². The van der Waals surface area contributed by atoms with E-state index in [1.165, 1.54) is 0 Å². The Kier molecular flexibility index (Phi) is 14.7. The summed E-state index contributed by atoms with van der Waals surface area (Å²) in [6, 6.07) is -4.46. The summed E-state index contributed by atoms with van der Waals surface area (Å²) in [5.74, 6) is -4.18. The summed E-state index contributed by atoms with van der Waals surface area (Å²) in [5.41, 5.74) is 16.1. The summed E-state index contributed by atoms with van der Waals surface area (Å²) in [4.78, 5) is 59.1. The number of thiol groups is 2. The minimum absolute atomic E-state index is 0.00445. The highest BCUT2D eigenvalue weighted by Crippen LogP contribution is 2.03. The van der Waals surface area contributed by atoms with Crippen LogP contribution in [0, 0.1) is 0 Å². The van der Waals surface area contributed by atoms with Gasteiger partial charge in [-0.3, -0.25) is 19.2 Å². The minimum atomic E-state index is -1.21. The van der Waals surface area contributed by atoms with Crippen molar-refractivity contribution >= 4 is 54.9 Å². The number of hydrogen-bond acceptors (Lipinski definition) is 9. The Morgan fingerprint density at radius 2 is 1.29 bits per heavy atom. The molecule has 0 radical (unpaired) electrons. The first kappa shape index (κ1) is 29.0. The molecule has 12 nitrogen and oxygen atoms in total. The third-order valence-corrected chi connectivity index (χ3v) is 4.96. The molecule has 0 aromatic carbocycles. The number of nitrogens with two attached hydrogens (primary N) is 3. The Hall–Kier alpha value is -2.03. The zero-order valence-electron chi connectivity index (χ0n) is 17.1. The number of carbonyl (C=O) groups is 5. The Labute approximate surface area is 191 Å². The van der Waals surface area contributed by atoms with Gasteiger partial charge >= 0.3 is 5.97 Å². The fourth-order valence-corrected chi connectivity index (χ4v) is 2.90. The van der Waals surface area contributed by atoms with E-state index in [1.807, 2.05) is 0 Å². The van der Waals surface area contributed by atoms with Crippen LogP contribution in [-0.2, 0) is 24.0 Å². The topological polar surface area (TPSA) is 220 Å². The molecule has 4 unspecified atom stereocenters. The number of carbonyl (C=O) groups excluding carboxylic acids is 4. The van der Waals surface area contributed by atoms with Crippen LogP contribution >= 0.6 is 25.3 Å². The van der Waals surface area contributed by atoms with Gasteiger partial charge in [-0.25, -0.2) is 4.79 Å². The number of primary amides is 1. The van der Waals surface area contributed by atoms with Gasteiger partial charge in [-0.05, 0) is 32.2 Å². The quantitative estimate of drug-likeness (QED) is 0.0822. The average molecular weight is 481 g/mol. The average Bonchev–Trinajstić information content (AvgIpc) is 2.72. The number of aliphatic carboxylic acids is 1. The first-order valence-electron chi connectivity index (χ1n) is 9.66. The molecule has 0 fully saturated rings. The van der Waals surface area contributed by atoms with Crippen LogP contribution in [0.1, 0.15) is 32.1 Å². The Bertz CT molecular complexity index is 638. The second kappa shape index (κ2) is 15.7. The summed E-state index contributed by atoms with van der Waals surface area (Å²) in [6.07, 6.45) is 1.21. The lowest BCUT2D eigenvalue weighted by atomic mass is 10.1.